The Hall–Kier alpha value is -0.910. The summed E-state index contributed by atoms with van der Waals surface area (Å²) in [6.45, 7) is 6.27. The second kappa shape index (κ2) is 8.24. The first-order valence-corrected chi connectivity index (χ1v) is 6.59. The zero-order valence-electron chi connectivity index (χ0n) is 11.6. The number of nitrogens with zero attached hydrogens (tertiary/aromatic N) is 2. The average Bonchev–Trinajstić information content (AvgIpc) is 2.82. The van der Waals surface area contributed by atoms with Gasteiger partial charge in [-0.2, -0.15) is 5.10 Å². The van der Waals surface area contributed by atoms with Gasteiger partial charge in [-0.1, -0.05) is 6.92 Å². The minimum absolute atomic E-state index is 0.401. The molecule has 1 aromatic rings. The average molecular weight is 255 g/mol. The molecule has 1 aromatic heterocycles. The van der Waals surface area contributed by atoms with E-state index >= 15 is 0 Å². The number of aliphatic hydroxyl groups excluding tert-OH is 1. The monoisotopic (exact) mass is 255 g/mol. The summed E-state index contributed by atoms with van der Waals surface area (Å²) in [6.07, 6.45) is 3.22. The van der Waals surface area contributed by atoms with Gasteiger partial charge >= 0.3 is 0 Å². The normalized spacial score (nSPS) is 14.7. The Labute approximate surface area is 109 Å². The molecule has 5 nitrogen and oxygen atoms in total. The number of hydrogen-bond acceptors (Lipinski definition) is 4. The van der Waals surface area contributed by atoms with Crippen LogP contribution in [0.5, 0.6) is 0 Å². The van der Waals surface area contributed by atoms with E-state index in [-0.39, 0.29) is 0 Å². The third kappa shape index (κ3) is 5.16. The fraction of sp³-hybridized carbons (Fsp3) is 0.769. The minimum atomic E-state index is -0.401. The van der Waals surface area contributed by atoms with E-state index in [2.05, 4.69) is 24.3 Å². The van der Waals surface area contributed by atoms with Crippen LogP contribution in [-0.4, -0.2) is 47.8 Å². The van der Waals surface area contributed by atoms with Crippen LogP contribution in [0.2, 0.25) is 0 Å². The predicted octanol–water partition coefficient (Wildman–Crippen LogP) is 0.993. The van der Waals surface area contributed by atoms with Crippen LogP contribution in [0, 0.1) is 0 Å². The quantitative estimate of drug-likeness (QED) is 0.646. The fourth-order valence-corrected chi connectivity index (χ4v) is 1.68. The molecule has 0 radical (unpaired) electrons. The van der Waals surface area contributed by atoms with Crippen molar-refractivity contribution in [2.24, 2.45) is 0 Å². The minimum Gasteiger partial charge on any atom is -0.391 e. The molecule has 5 heteroatoms. The van der Waals surface area contributed by atoms with Crippen molar-refractivity contribution in [2.75, 3.05) is 26.8 Å². The molecule has 0 aliphatic carbocycles. The highest BCUT2D eigenvalue weighted by molar-refractivity contribution is 5.01. The van der Waals surface area contributed by atoms with E-state index in [9.17, 15) is 5.11 Å². The molecular formula is C13H25N3O2. The van der Waals surface area contributed by atoms with Crippen molar-refractivity contribution in [2.45, 2.75) is 38.8 Å². The van der Waals surface area contributed by atoms with Gasteiger partial charge in [0.15, 0.2) is 0 Å². The van der Waals surface area contributed by atoms with Crippen LogP contribution in [0.4, 0.5) is 0 Å². The highest BCUT2D eigenvalue weighted by Crippen LogP contribution is 2.10. The van der Waals surface area contributed by atoms with Gasteiger partial charge in [-0.3, -0.25) is 4.68 Å². The van der Waals surface area contributed by atoms with Gasteiger partial charge in [-0.15, -0.1) is 0 Å². The maximum Gasteiger partial charge on any atom is 0.0720 e. The first-order chi connectivity index (χ1) is 8.67. The molecule has 0 saturated heterocycles. The lowest BCUT2D eigenvalue weighted by molar-refractivity contribution is 0.159. The third-order valence-corrected chi connectivity index (χ3v) is 3.01. The van der Waals surface area contributed by atoms with Crippen LogP contribution < -0.4 is 5.32 Å². The lowest BCUT2D eigenvalue weighted by atomic mass is 10.2. The number of methoxy groups -OCH3 is 1. The van der Waals surface area contributed by atoms with Crippen molar-refractivity contribution in [3.63, 3.8) is 0 Å². The zero-order chi connectivity index (χ0) is 13.4. The number of nitrogens with one attached hydrogen (secondary N) is 1. The Kier molecular flexibility index (Phi) is 6.93. The topological polar surface area (TPSA) is 59.3 Å². The lowest BCUT2D eigenvalue weighted by Crippen LogP contribution is -2.30. The molecule has 0 aromatic carbocycles. The SMILES string of the molecule is CCC(C)n1ccc(CC(O)CNCCOC)n1. The zero-order valence-corrected chi connectivity index (χ0v) is 11.6. The third-order valence-electron chi connectivity index (χ3n) is 3.01. The number of aromatic nitrogens is 2. The second-order valence-corrected chi connectivity index (χ2v) is 4.60. The first-order valence-electron chi connectivity index (χ1n) is 6.59. The van der Waals surface area contributed by atoms with Crippen molar-refractivity contribution in [1.82, 2.24) is 15.1 Å². The molecule has 2 atom stereocenters. The van der Waals surface area contributed by atoms with E-state index in [1.54, 1.807) is 7.11 Å². The summed E-state index contributed by atoms with van der Waals surface area (Å²) in [4.78, 5) is 0. The summed E-state index contributed by atoms with van der Waals surface area (Å²) in [7, 11) is 1.67. The molecule has 0 saturated carbocycles. The molecule has 1 heterocycles. The molecular weight excluding hydrogens is 230 g/mol. The Morgan fingerprint density at radius 2 is 2.33 bits per heavy atom. The summed E-state index contributed by atoms with van der Waals surface area (Å²) in [5, 5.41) is 17.5. The maximum absolute atomic E-state index is 9.85. The summed E-state index contributed by atoms with van der Waals surface area (Å²) in [6, 6.07) is 2.39. The Morgan fingerprint density at radius 1 is 1.56 bits per heavy atom. The molecule has 0 amide bonds. The maximum atomic E-state index is 9.85. The van der Waals surface area contributed by atoms with Gasteiger partial charge in [-0.25, -0.2) is 0 Å². The molecule has 1 rings (SSSR count). The summed E-state index contributed by atoms with van der Waals surface area (Å²) >= 11 is 0. The van der Waals surface area contributed by atoms with E-state index in [0.717, 1.165) is 18.7 Å². The number of aliphatic hydroxyl groups is 1. The van der Waals surface area contributed by atoms with Gasteiger partial charge in [0.2, 0.25) is 0 Å². The van der Waals surface area contributed by atoms with Crippen molar-refractivity contribution < 1.29 is 9.84 Å². The molecule has 2 unspecified atom stereocenters. The summed E-state index contributed by atoms with van der Waals surface area (Å²) in [5.41, 5.74) is 0.941. The molecule has 0 aliphatic heterocycles. The van der Waals surface area contributed by atoms with Gasteiger partial charge < -0.3 is 15.2 Å². The van der Waals surface area contributed by atoms with E-state index in [0.29, 0.717) is 25.6 Å². The van der Waals surface area contributed by atoms with Crippen LogP contribution in [0.25, 0.3) is 0 Å². The number of rotatable bonds is 9. The van der Waals surface area contributed by atoms with Gasteiger partial charge in [-0.05, 0) is 19.4 Å². The van der Waals surface area contributed by atoms with Crippen LogP contribution >= 0.6 is 0 Å². The van der Waals surface area contributed by atoms with Gasteiger partial charge in [0.05, 0.1) is 18.4 Å². The number of hydrogen-bond donors (Lipinski definition) is 2. The van der Waals surface area contributed by atoms with Crippen LogP contribution in [-0.2, 0) is 11.2 Å². The van der Waals surface area contributed by atoms with Gasteiger partial charge in [0.25, 0.3) is 0 Å². The lowest BCUT2D eigenvalue weighted by Gasteiger charge is -2.11. The highest BCUT2D eigenvalue weighted by atomic mass is 16.5. The molecule has 2 N–H and O–H groups in total. The van der Waals surface area contributed by atoms with E-state index in [1.807, 2.05) is 16.9 Å². The smallest absolute Gasteiger partial charge is 0.0720 e. The summed E-state index contributed by atoms with van der Waals surface area (Å²) < 4.78 is 6.88. The van der Waals surface area contributed by atoms with Crippen molar-refractivity contribution in [3.05, 3.63) is 18.0 Å². The van der Waals surface area contributed by atoms with Crippen LogP contribution in [0.1, 0.15) is 32.0 Å². The Balaban J connectivity index is 2.30. The van der Waals surface area contributed by atoms with E-state index in [1.165, 1.54) is 0 Å². The van der Waals surface area contributed by atoms with Crippen molar-refractivity contribution in [1.29, 1.82) is 0 Å². The Morgan fingerprint density at radius 3 is 3.00 bits per heavy atom. The summed E-state index contributed by atoms with van der Waals surface area (Å²) in [5.74, 6) is 0. The Bertz CT molecular complexity index is 328. The fourth-order valence-electron chi connectivity index (χ4n) is 1.68. The van der Waals surface area contributed by atoms with E-state index in [4.69, 9.17) is 4.74 Å². The largest absolute Gasteiger partial charge is 0.391 e. The predicted molar refractivity (Wildman–Crippen MR) is 71.7 cm³/mol. The number of ether oxygens (including phenoxy) is 1. The molecule has 18 heavy (non-hydrogen) atoms. The van der Waals surface area contributed by atoms with Crippen molar-refractivity contribution in [3.8, 4) is 0 Å². The van der Waals surface area contributed by atoms with Crippen LogP contribution in [0.3, 0.4) is 0 Å². The molecule has 0 fully saturated rings. The molecule has 0 aliphatic rings. The van der Waals surface area contributed by atoms with Gasteiger partial charge in [0.1, 0.15) is 0 Å². The van der Waals surface area contributed by atoms with Gasteiger partial charge in [0, 0.05) is 38.9 Å². The molecule has 0 spiro atoms. The second-order valence-electron chi connectivity index (χ2n) is 4.60. The van der Waals surface area contributed by atoms with Crippen LogP contribution in [0.15, 0.2) is 12.3 Å². The highest BCUT2D eigenvalue weighted by Gasteiger charge is 2.09. The molecule has 104 valence electrons. The standard InChI is InChI=1S/C13H25N3O2/c1-4-11(2)16-7-5-12(15-16)9-13(17)10-14-6-8-18-3/h5,7,11,13-14,17H,4,6,8-10H2,1-3H3. The van der Waals surface area contributed by atoms with Crippen molar-refractivity contribution >= 4 is 0 Å². The first kappa shape index (κ1) is 15.1. The molecule has 0 bridgehead atoms. The van der Waals surface area contributed by atoms with E-state index < -0.39 is 6.10 Å².